The van der Waals surface area contributed by atoms with Gasteiger partial charge in [0.2, 0.25) is 0 Å². The van der Waals surface area contributed by atoms with Gasteiger partial charge in [0, 0.05) is 28.2 Å². The summed E-state index contributed by atoms with van der Waals surface area (Å²) in [7, 11) is 1.98. The molecule has 1 aliphatic carbocycles. The molecular formula is C22H19BFN2. The van der Waals surface area contributed by atoms with Crippen molar-refractivity contribution in [3.05, 3.63) is 59.5 Å². The molecule has 4 aromatic rings. The van der Waals surface area contributed by atoms with Crippen molar-refractivity contribution in [2.75, 3.05) is 0 Å². The zero-order valence-electron chi connectivity index (χ0n) is 14.8. The van der Waals surface area contributed by atoms with E-state index in [2.05, 4.69) is 28.2 Å². The highest BCUT2D eigenvalue weighted by Crippen LogP contribution is 2.37. The van der Waals surface area contributed by atoms with Gasteiger partial charge >= 0.3 is 0 Å². The molecule has 0 bridgehead atoms. The molecule has 2 aromatic heterocycles. The molecule has 2 nitrogen and oxygen atoms in total. The Hall–Kier alpha value is -2.62. The molecule has 5 rings (SSSR count). The van der Waals surface area contributed by atoms with Gasteiger partial charge in [-0.15, -0.1) is 0 Å². The maximum absolute atomic E-state index is 13.7. The van der Waals surface area contributed by atoms with Gasteiger partial charge in [0.15, 0.2) is 0 Å². The molecule has 0 amide bonds. The minimum Gasteiger partial charge on any atom is -0.354 e. The Morgan fingerprint density at radius 1 is 1.04 bits per heavy atom. The van der Waals surface area contributed by atoms with Crippen molar-refractivity contribution in [3.63, 3.8) is 0 Å². The summed E-state index contributed by atoms with van der Waals surface area (Å²) in [6, 6.07) is 11.4. The number of benzene rings is 2. The average molecular weight is 341 g/mol. The third-order valence-corrected chi connectivity index (χ3v) is 5.60. The van der Waals surface area contributed by atoms with Crippen molar-refractivity contribution >= 4 is 34.5 Å². The highest BCUT2D eigenvalue weighted by atomic mass is 19.1. The monoisotopic (exact) mass is 341 g/mol. The summed E-state index contributed by atoms with van der Waals surface area (Å²) in [5.74, 6) is -0.193. The Morgan fingerprint density at radius 3 is 2.73 bits per heavy atom. The summed E-state index contributed by atoms with van der Waals surface area (Å²) in [5, 5.41) is 2.53. The molecule has 26 heavy (non-hydrogen) atoms. The van der Waals surface area contributed by atoms with Crippen molar-refractivity contribution in [1.29, 1.82) is 0 Å². The molecule has 4 heteroatoms. The van der Waals surface area contributed by atoms with E-state index in [1.54, 1.807) is 12.1 Å². The number of aromatic nitrogens is 2. The standard InChI is InChI=1S/C22H19BFN2/c1-23-18-12-13(24)6-7-16(18)22-15-5-3-2-4-14(15)21-17-10-11-25-19(17)8-9-20(21)26-22/h6-12,26H,2-5H2,1H3. The molecule has 0 fully saturated rings. The minimum atomic E-state index is -0.193. The fraction of sp³-hybridized carbons (Fsp3) is 0.227. The van der Waals surface area contributed by atoms with Crippen LogP contribution in [-0.2, 0) is 12.8 Å². The summed E-state index contributed by atoms with van der Waals surface area (Å²) in [5.41, 5.74) is 8.15. The number of nitrogens with one attached hydrogen (secondary N) is 1. The highest BCUT2D eigenvalue weighted by Gasteiger charge is 2.21. The topological polar surface area (TPSA) is 28.7 Å². The molecule has 2 aromatic carbocycles. The first-order chi connectivity index (χ1) is 12.8. The Labute approximate surface area is 152 Å². The van der Waals surface area contributed by atoms with E-state index in [1.807, 2.05) is 26.4 Å². The van der Waals surface area contributed by atoms with Gasteiger partial charge in [-0.25, -0.2) is 4.39 Å². The summed E-state index contributed by atoms with van der Waals surface area (Å²) >= 11 is 0. The molecule has 1 radical (unpaired) electrons. The first-order valence-electron chi connectivity index (χ1n) is 9.26. The maximum atomic E-state index is 13.7. The van der Waals surface area contributed by atoms with Gasteiger partial charge in [0.25, 0.3) is 0 Å². The number of rotatable bonds is 2. The molecule has 0 saturated carbocycles. The van der Waals surface area contributed by atoms with Crippen LogP contribution in [-0.4, -0.2) is 17.2 Å². The molecule has 0 unspecified atom stereocenters. The lowest BCUT2D eigenvalue weighted by Gasteiger charge is -2.24. The van der Waals surface area contributed by atoms with Gasteiger partial charge in [0.05, 0.1) is 5.52 Å². The van der Waals surface area contributed by atoms with E-state index < -0.39 is 0 Å². The first kappa shape index (κ1) is 15.6. The molecule has 2 heterocycles. The van der Waals surface area contributed by atoms with Crippen LogP contribution >= 0.6 is 0 Å². The normalized spacial score (nSPS) is 13.9. The minimum absolute atomic E-state index is 0.193. The van der Waals surface area contributed by atoms with Crippen molar-refractivity contribution in [2.24, 2.45) is 0 Å². The second-order valence-electron chi connectivity index (χ2n) is 7.05. The highest BCUT2D eigenvalue weighted by molar-refractivity contribution is 6.54. The zero-order valence-corrected chi connectivity index (χ0v) is 14.8. The molecule has 0 saturated heterocycles. The van der Waals surface area contributed by atoms with Gasteiger partial charge in [-0.1, -0.05) is 18.4 Å². The molecule has 0 spiro atoms. The smallest absolute Gasteiger partial charge is 0.149 e. The van der Waals surface area contributed by atoms with Crippen LogP contribution in [0.2, 0.25) is 6.82 Å². The SMILES string of the molecule is C[B]c1cc(F)ccc1-c1[nH]c2ccc3nccc3c2c2c1CCCC2. The molecular weight excluding hydrogens is 322 g/mol. The van der Waals surface area contributed by atoms with E-state index in [-0.39, 0.29) is 5.82 Å². The van der Waals surface area contributed by atoms with Gasteiger partial charge in [-0.2, -0.15) is 0 Å². The third-order valence-electron chi connectivity index (χ3n) is 5.60. The van der Waals surface area contributed by atoms with Crippen LogP contribution in [0.15, 0.2) is 42.6 Å². The molecule has 127 valence electrons. The van der Waals surface area contributed by atoms with Crippen molar-refractivity contribution in [3.8, 4) is 11.3 Å². The van der Waals surface area contributed by atoms with E-state index in [0.717, 1.165) is 40.6 Å². The van der Waals surface area contributed by atoms with Crippen LogP contribution in [0.25, 0.3) is 33.1 Å². The van der Waals surface area contributed by atoms with Crippen LogP contribution in [0.3, 0.4) is 0 Å². The molecule has 1 aliphatic rings. The predicted molar refractivity (Wildman–Crippen MR) is 107 cm³/mol. The second kappa shape index (κ2) is 5.98. The largest absolute Gasteiger partial charge is 0.354 e. The number of aromatic amines is 1. The lowest BCUT2D eigenvalue weighted by molar-refractivity contribution is 0.629. The fourth-order valence-electron chi connectivity index (χ4n) is 4.41. The lowest BCUT2D eigenvalue weighted by Crippen LogP contribution is -2.17. The van der Waals surface area contributed by atoms with E-state index in [1.165, 1.54) is 34.7 Å². The van der Waals surface area contributed by atoms with Crippen molar-refractivity contribution in [2.45, 2.75) is 32.5 Å². The van der Waals surface area contributed by atoms with Crippen molar-refractivity contribution in [1.82, 2.24) is 9.97 Å². The van der Waals surface area contributed by atoms with Gasteiger partial charge in [-0.05, 0) is 72.7 Å². The predicted octanol–water partition coefficient (Wildman–Crippen LogP) is 4.78. The van der Waals surface area contributed by atoms with E-state index in [9.17, 15) is 4.39 Å². The van der Waals surface area contributed by atoms with Crippen molar-refractivity contribution < 1.29 is 4.39 Å². The van der Waals surface area contributed by atoms with Gasteiger partial charge in [0.1, 0.15) is 13.1 Å². The molecule has 1 N–H and O–H groups in total. The summed E-state index contributed by atoms with van der Waals surface area (Å²) < 4.78 is 13.7. The second-order valence-corrected chi connectivity index (χ2v) is 7.05. The number of nitrogens with zero attached hydrogens (tertiary/aromatic N) is 1. The van der Waals surface area contributed by atoms with Gasteiger partial charge in [-0.3, -0.25) is 4.98 Å². The first-order valence-corrected chi connectivity index (χ1v) is 9.26. The lowest BCUT2D eigenvalue weighted by atomic mass is 9.69. The number of pyridine rings is 1. The quantitative estimate of drug-likeness (QED) is 0.522. The summed E-state index contributed by atoms with van der Waals surface area (Å²) in [6.45, 7) is 1.96. The Morgan fingerprint density at radius 2 is 1.88 bits per heavy atom. The number of hydrogen-bond donors (Lipinski definition) is 1. The number of fused-ring (bicyclic) bond motifs is 5. The molecule has 0 aliphatic heterocycles. The van der Waals surface area contributed by atoms with Crippen LogP contribution in [0, 0.1) is 5.82 Å². The Kier molecular flexibility index (Phi) is 3.59. The Bertz CT molecular complexity index is 1150. The zero-order chi connectivity index (χ0) is 17.7. The fourth-order valence-corrected chi connectivity index (χ4v) is 4.41. The average Bonchev–Trinajstić information content (AvgIpc) is 3.16. The number of halogens is 1. The number of hydrogen-bond acceptors (Lipinski definition) is 1. The number of aryl methyl sites for hydroxylation is 1. The van der Waals surface area contributed by atoms with Crippen LogP contribution in [0.5, 0.6) is 0 Å². The number of H-pyrrole nitrogens is 1. The maximum Gasteiger partial charge on any atom is 0.149 e. The van der Waals surface area contributed by atoms with Crippen LogP contribution in [0.4, 0.5) is 4.39 Å². The molecule has 0 atom stereocenters. The Balaban J connectivity index is 1.88. The van der Waals surface area contributed by atoms with Crippen LogP contribution < -0.4 is 5.46 Å². The van der Waals surface area contributed by atoms with E-state index in [4.69, 9.17) is 0 Å². The summed E-state index contributed by atoms with van der Waals surface area (Å²) in [4.78, 5) is 8.15. The third kappa shape index (κ3) is 2.28. The summed E-state index contributed by atoms with van der Waals surface area (Å²) in [6.07, 6.45) is 6.44. The van der Waals surface area contributed by atoms with Crippen LogP contribution in [0.1, 0.15) is 24.0 Å². The van der Waals surface area contributed by atoms with E-state index in [0.29, 0.717) is 0 Å². The van der Waals surface area contributed by atoms with E-state index >= 15 is 0 Å². The van der Waals surface area contributed by atoms with Gasteiger partial charge < -0.3 is 4.98 Å².